The summed E-state index contributed by atoms with van der Waals surface area (Å²) < 4.78 is 11.1. The van der Waals surface area contributed by atoms with Gasteiger partial charge in [0.15, 0.2) is 11.7 Å². The summed E-state index contributed by atoms with van der Waals surface area (Å²) in [5, 5.41) is 6.16. The van der Waals surface area contributed by atoms with Crippen LogP contribution in [0.5, 0.6) is 5.75 Å². The zero-order valence-corrected chi connectivity index (χ0v) is 18.7. The number of ether oxygens (including phenoxy) is 1. The highest BCUT2D eigenvalue weighted by Gasteiger charge is 2.19. The van der Waals surface area contributed by atoms with Crippen molar-refractivity contribution < 1.29 is 13.9 Å². The average Bonchev–Trinajstić information content (AvgIpc) is 3.44. The van der Waals surface area contributed by atoms with Crippen LogP contribution in [0.3, 0.4) is 0 Å². The molecule has 32 heavy (non-hydrogen) atoms. The van der Waals surface area contributed by atoms with Gasteiger partial charge in [-0.15, -0.1) is 11.3 Å². The summed E-state index contributed by atoms with van der Waals surface area (Å²) in [4.78, 5) is 29.0. The van der Waals surface area contributed by atoms with E-state index in [1.165, 1.54) is 22.5 Å². The van der Waals surface area contributed by atoms with E-state index in [1.54, 1.807) is 12.1 Å². The summed E-state index contributed by atoms with van der Waals surface area (Å²) in [7, 11) is 0. The van der Waals surface area contributed by atoms with Crippen LogP contribution in [0, 0.1) is 13.8 Å². The van der Waals surface area contributed by atoms with Gasteiger partial charge in [0.25, 0.3) is 5.91 Å². The van der Waals surface area contributed by atoms with Crippen molar-refractivity contribution in [3.05, 3.63) is 74.5 Å². The molecule has 0 saturated carbocycles. The summed E-state index contributed by atoms with van der Waals surface area (Å²) >= 11 is 1.37. The number of amides is 1. The van der Waals surface area contributed by atoms with Gasteiger partial charge in [0.2, 0.25) is 0 Å². The third-order valence-corrected chi connectivity index (χ3v) is 6.63. The first-order valence-corrected chi connectivity index (χ1v) is 11.4. The molecule has 1 N–H and O–H groups in total. The van der Waals surface area contributed by atoms with Crippen molar-refractivity contribution in [2.24, 2.45) is 0 Å². The van der Waals surface area contributed by atoms with Crippen molar-refractivity contribution in [2.75, 3.05) is 11.9 Å². The molecule has 2 heterocycles. The highest BCUT2D eigenvalue weighted by molar-refractivity contribution is 7.14. The van der Waals surface area contributed by atoms with Crippen molar-refractivity contribution in [1.82, 2.24) is 4.98 Å². The van der Waals surface area contributed by atoms with Crippen LogP contribution in [0.4, 0.5) is 5.13 Å². The van der Waals surface area contributed by atoms with Crippen molar-refractivity contribution in [2.45, 2.75) is 33.1 Å². The zero-order valence-electron chi connectivity index (χ0n) is 17.9. The quantitative estimate of drug-likeness (QED) is 0.435. The predicted octanol–water partition coefficient (Wildman–Crippen LogP) is 5.04. The molecule has 0 atom stereocenters. The minimum atomic E-state index is -0.304. The molecule has 1 aliphatic carbocycles. The third-order valence-electron chi connectivity index (χ3n) is 5.87. The van der Waals surface area contributed by atoms with E-state index in [1.807, 2.05) is 17.5 Å². The van der Waals surface area contributed by atoms with Crippen LogP contribution < -0.4 is 15.7 Å². The molecule has 1 aliphatic rings. The Kier molecular flexibility index (Phi) is 5.27. The standard InChI is InChI=1S/C25H22N2O4S/c1-14-6-7-16(10-15(14)2)21-13-32-25(26-21)27-23(28)12-30-17-8-9-19-18-4-3-5-20(18)24(29)31-22(19)11-17/h6-11,13H,3-5,12H2,1-2H3,(H,26,27,28). The van der Waals surface area contributed by atoms with Gasteiger partial charge in [-0.25, -0.2) is 9.78 Å². The lowest BCUT2D eigenvalue weighted by Crippen LogP contribution is -2.20. The second kappa shape index (κ2) is 8.24. The molecule has 1 amide bonds. The molecule has 2 aromatic carbocycles. The molecule has 0 fully saturated rings. The predicted molar refractivity (Wildman–Crippen MR) is 126 cm³/mol. The van der Waals surface area contributed by atoms with Crippen molar-refractivity contribution >= 4 is 33.3 Å². The Morgan fingerprint density at radius 3 is 2.81 bits per heavy atom. The van der Waals surface area contributed by atoms with E-state index in [2.05, 4.69) is 36.3 Å². The van der Waals surface area contributed by atoms with E-state index in [0.29, 0.717) is 16.5 Å². The Morgan fingerprint density at radius 2 is 1.97 bits per heavy atom. The van der Waals surface area contributed by atoms with Crippen LogP contribution in [-0.4, -0.2) is 17.5 Å². The number of hydrogen-bond acceptors (Lipinski definition) is 6. The van der Waals surface area contributed by atoms with Crippen molar-refractivity contribution in [1.29, 1.82) is 0 Å². The van der Waals surface area contributed by atoms with E-state index in [-0.39, 0.29) is 18.1 Å². The SMILES string of the molecule is Cc1ccc(-c2csc(NC(=O)COc3ccc4c5c(c(=O)oc4c3)CCC5)n2)cc1C. The first-order valence-electron chi connectivity index (χ1n) is 10.5. The fourth-order valence-corrected chi connectivity index (χ4v) is 4.76. The molecule has 6 nitrogen and oxygen atoms in total. The molecule has 0 radical (unpaired) electrons. The highest BCUT2D eigenvalue weighted by Crippen LogP contribution is 2.30. The Morgan fingerprint density at radius 1 is 1.12 bits per heavy atom. The Hall–Kier alpha value is -3.45. The van der Waals surface area contributed by atoms with Gasteiger partial charge in [-0.2, -0.15) is 0 Å². The average molecular weight is 447 g/mol. The summed E-state index contributed by atoms with van der Waals surface area (Å²) in [6.07, 6.45) is 2.63. The number of anilines is 1. The molecule has 0 aliphatic heterocycles. The van der Waals surface area contributed by atoms with Gasteiger partial charge in [-0.3, -0.25) is 10.1 Å². The van der Waals surface area contributed by atoms with E-state index < -0.39 is 0 Å². The van der Waals surface area contributed by atoms with Crippen LogP contribution in [0.15, 0.2) is 51.0 Å². The van der Waals surface area contributed by atoms with Gasteiger partial charge >= 0.3 is 5.63 Å². The molecular weight excluding hydrogens is 424 g/mol. The van der Waals surface area contributed by atoms with E-state index >= 15 is 0 Å². The van der Waals surface area contributed by atoms with Gasteiger partial charge in [0.1, 0.15) is 11.3 Å². The molecule has 0 saturated heterocycles. The second-order valence-electron chi connectivity index (χ2n) is 8.03. The zero-order chi connectivity index (χ0) is 22.2. The first-order chi connectivity index (χ1) is 15.5. The van der Waals surface area contributed by atoms with E-state index in [4.69, 9.17) is 9.15 Å². The number of aryl methyl sites for hydroxylation is 3. The summed E-state index contributed by atoms with van der Waals surface area (Å²) in [6, 6.07) is 11.5. The number of hydrogen-bond donors (Lipinski definition) is 1. The van der Waals surface area contributed by atoms with E-state index in [9.17, 15) is 9.59 Å². The molecule has 0 spiro atoms. The highest BCUT2D eigenvalue weighted by atomic mass is 32.1. The minimum Gasteiger partial charge on any atom is -0.484 e. The van der Waals surface area contributed by atoms with E-state index in [0.717, 1.165) is 47.0 Å². The Labute approximate surface area is 188 Å². The smallest absolute Gasteiger partial charge is 0.339 e. The minimum absolute atomic E-state index is 0.167. The topological polar surface area (TPSA) is 81.4 Å². The number of nitrogens with zero attached hydrogens (tertiary/aromatic N) is 1. The number of thiazole rings is 1. The summed E-state index contributed by atoms with van der Waals surface area (Å²) in [5.74, 6) is 0.171. The number of benzene rings is 2. The molecule has 5 rings (SSSR count). The summed E-state index contributed by atoms with van der Waals surface area (Å²) in [6.45, 7) is 3.97. The summed E-state index contributed by atoms with van der Waals surface area (Å²) in [5.41, 5.74) is 6.35. The van der Waals surface area contributed by atoms with Crippen LogP contribution in [0.2, 0.25) is 0 Å². The number of carbonyl (C=O) groups excluding carboxylic acids is 1. The normalized spacial score (nSPS) is 12.7. The van der Waals surface area contributed by atoms with Crippen LogP contribution in [0.1, 0.15) is 28.7 Å². The van der Waals surface area contributed by atoms with Gasteiger partial charge in [0, 0.05) is 28.0 Å². The molecule has 162 valence electrons. The second-order valence-corrected chi connectivity index (χ2v) is 8.89. The number of aromatic nitrogens is 1. The molecular formula is C25H22N2O4S. The molecule has 0 bridgehead atoms. The Bertz CT molecular complexity index is 1400. The van der Waals surface area contributed by atoms with Crippen LogP contribution in [0.25, 0.3) is 22.2 Å². The number of nitrogens with one attached hydrogen (secondary N) is 1. The number of fused-ring (bicyclic) bond motifs is 3. The Balaban J connectivity index is 1.25. The van der Waals surface area contributed by atoms with Crippen LogP contribution >= 0.6 is 11.3 Å². The third kappa shape index (κ3) is 3.91. The lowest BCUT2D eigenvalue weighted by atomic mass is 10.1. The lowest BCUT2D eigenvalue weighted by molar-refractivity contribution is -0.118. The monoisotopic (exact) mass is 446 g/mol. The number of rotatable bonds is 5. The molecule has 2 aromatic heterocycles. The van der Waals surface area contributed by atoms with Crippen molar-refractivity contribution in [3.8, 4) is 17.0 Å². The molecule has 0 unspecified atom stereocenters. The maximum atomic E-state index is 12.4. The van der Waals surface area contributed by atoms with Crippen LogP contribution in [-0.2, 0) is 17.6 Å². The fourth-order valence-electron chi connectivity index (χ4n) is 4.02. The molecule has 7 heteroatoms. The van der Waals surface area contributed by atoms with Gasteiger partial charge in [-0.1, -0.05) is 12.1 Å². The fraction of sp³-hybridized carbons (Fsp3) is 0.240. The first kappa shape index (κ1) is 20.5. The number of carbonyl (C=O) groups is 1. The van der Waals surface area contributed by atoms with Gasteiger partial charge < -0.3 is 9.15 Å². The maximum absolute atomic E-state index is 12.4. The lowest BCUT2D eigenvalue weighted by Gasteiger charge is -2.08. The van der Waals surface area contributed by atoms with Crippen molar-refractivity contribution in [3.63, 3.8) is 0 Å². The maximum Gasteiger partial charge on any atom is 0.339 e. The molecule has 4 aromatic rings. The van der Waals surface area contributed by atoms with Gasteiger partial charge in [0.05, 0.1) is 5.69 Å². The van der Waals surface area contributed by atoms with Gasteiger partial charge in [-0.05, 0) is 68.0 Å². The largest absolute Gasteiger partial charge is 0.484 e.